The van der Waals surface area contributed by atoms with Crippen LogP contribution in [-0.2, 0) is 35.5 Å². The summed E-state index contributed by atoms with van der Waals surface area (Å²) < 4.78 is 36.1. The van der Waals surface area contributed by atoms with E-state index in [1.807, 2.05) is 6.07 Å². The molecule has 0 heterocycles. The lowest BCUT2D eigenvalue weighted by molar-refractivity contribution is -0.145. The number of benzene rings is 2. The van der Waals surface area contributed by atoms with E-state index in [9.17, 15) is 22.8 Å². The van der Waals surface area contributed by atoms with Gasteiger partial charge in [0.25, 0.3) is 5.91 Å². The summed E-state index contributed by atoms with van der Waals surface area (Å²) in [4.78, 5) is 36.3. The lowest BCUT2D eigenvalue weighted by Gasteiger charge is -2.16. The minimum Gasteiger partial charge on any atom is -0.467 e. The molecule has 0 saturated carbocycles. The molecule has 9 nitrogen and oxygen atoms in total. The van der Waals surface area contributed by atoms with Crippen LogP contribution in [0.3, 0.4) is 0 Å². The SMILES string of the molecule is C#CCNS(=O)(=O)c1cccc(C(=O)OCC(=O)NC(Cc2ccccc2)C(=O)OC)c1. The zero-order valence-corrected chi connectivity index (χ0v) is 18.1. The van der Waals surface area contributed by atoms with Gasteiger partial charge in [0.2, 0.25) is 10.0 Å². The predicted octanol–water partition coefficient (Wildman–Crippen LogP) is 0.655. The Kier molecular flexibility index (Phi) is 8.95. The summed E-state index contributed by atoms with van der Waals surface area (Å²) in [6, 6.07) is 13.1. The fourth-order valence-corrected chi connectivity index (χ4v) is 3.63. The molecule has 0 aromatic heterocycles. The number of terminal acetylenes is 1. The molecule has 0 aliphatic rings. The molecule has 0 fully saturated rings. The van der Waals surface area contributed by atoms with E-state index in [0.29, 0.717) is 0 Å². The minimum absolute atomic E-state index is 0.0739. The summed E-state index contributed by atoms with van der Waals surface area (Å²) in [6.45, 7) is -0.880. The van der Waals surface area contributed by atoms with Gasteiger partial charge in [0.05, 0.1) is 24.1 Å². The second kappa shape index (κ2) is 11.6. The average molecular weight is 458 g/mol. The van der Waals surface area contributed by atoms with Crippen molar-refractivity contribution in [1.29, 1.82) is 0 Å². The van der Waals surface area contributed by atoms with Crippen LogP contribution in [0.1, 0.15) is 15.9 Å². The van der Waals surface area contributed by atoms with Gasteiger partial charge in [-0.1, -0.05) is 42.3 Å². The number of hydrogen-bond acceptors (Lipinski definition) is 7. The maximum Gasteiger partial charge on any atom is 0.338 e. The number of carbonyl (C=O) groups excluding carboxylic acids is 3. The minimum atomic E-state index is -3.90. The Balaban J connectivity index is 1.99. The molecule has 1 atom stereocenters. The van der Waals surface area contributed by atoms with Gasteiger partial charge in [0, 0.05) is 6.42 Å². The zero-order valence-electron chi connectivity index (χ0n) is 17.2. The number of carbonyl (C=O) groups is 3. The van der Waals surface area contributed by atoms with E-state index in [1.165, 1.54) is 25.3 Å². The molecule has 0 aliphatic heterocycles. The van der Waals surface area contributed by atoms with Gasteiger partial charge in [0.15, 0.2) is 6.61 Å². The fourth-order valence-electron chi connectivity index (χ4n) is 2.65. The smallest absolute Gasteiger partial charge is 0.338 e. The lowest BCUT2D eigenvalue weighted by atomic mass is 10.1. The van der Waals surface area contributed by atoms with Gasteiger partial charge in [-0.15, -0.1) is 6.42 Å². The number of sulfonamides is 1. The molecule has 2 rings (SSSR count). The van der Waals surface area contributed by atoms with Crippen LogP contribution in [0.5, 0.6) is 0 Å². The maximum absolute atomic E-state index is 12.3. The summed E-state index contributed by atoms with van der Waals surface area (Å²) in [7, 11) is -2.70. The van der Waals surface area contributed by atoms with Crippen LogP contribution in [0.15, 0.2) is 59.5 Å². The summed E-state index contributed by atoms with van der Waals surface area (Å²) in [5.74, 6) is -0.129. The third kappa shape index (κ3) is 7.23. The Morgan fingerprint density at radius 2 is 1.81 bits per heavy atom. The zero-order chi connectivity index (χ0) is 23.6. The van der Waals surface area contributed by atoms with Crippen LogP contribution in [0.2, 0.25) is 0 Å². The first-order chi connectivity index (χ1) is 15.3. The average Bonchev–Trinajstić information content (AvgIpc) is 2.81. The molecule has 2 aromatic carbocycles. The van der Waals surface area contributed by atoms with Gasteiger partial charge in [-0.3, -0.25) is 4.79 Å². The van der Waals surface area contributed by atoms with Crippen LogP contribution in [0.25, 0.3) is 0 Å². The number of rotatable bonds is 10. The van der Waals surface area contributed by atoms with Crippen LogP contribution in [0, 0.1) is 12.3 Å². The summed E-state index contributed by atoms with van der Waals surface area (Å²) in [6.07, 6.45) is 5.24. The molecule has 2 aromatic rings. The largest absolute Gasteiger partial charge is 0.467 e. The molecular weight excluding hydrogens is 436 g/mol. The van der Waals surface area contributed by atoms with Crippen molar-refractivity contribution in [3.8, 4) is 12.3 Å². The summed E-state index contributed by atoms with van der Waals surface area (Å²) in [5, 5.41) is 2.47. The highest BCUT2D eigenvalue weighted by Gasteiger charge is 2.23. The van der Waals surface area contributed by atoms with E-state index in [2.05, 4.69) is 16.0 Å². The van der Waals surface area contributed by atoms with Gasteiger partial charge < -0.3 is 14.8 Å². The van der Waals surface area contributed by atoms with Crippen molar-refractivity contribution in [2.45, 2.75) is 17.4 Å². The third-order valence-corrected chi connectivity index (χ3v) is 5.58. The van der Waals surface area contributed by atoms with Gasteiger partial charge in [-0.25, -0.2) is 18.0 Å². The van der Waals surface area contributed by atoms with Crippen molar-refractivity contribution in [1.82, 2.24) is 10.0 Å². The van der Waals surface area contributed by atoms with Crippen molar-refractivity contribution in [2.24, 2.45) is 0 Å². The van der Waals surface area contributed by atoms with Crippen molar-refractivity contribution >= 4 is 27.9 Å². The van der Waals surface area contributed by atoms with Crippen LogP contribution in [-0.4, -0.2) is 52.6 Å². The number of amides is 1. The topological polar surface area (TPSA) is 128 Å². The number of ether oxygens (including phenoxy) is 2. The molecule has 1 unspecified atom stereocenters. The van der Waals surface area contributed by atoms with Crippen LogP contribution >= 0.6 is 0 Å². The van der Waals surface area contributed by atoms with Crippen molar-refractivity contribution in [3.63, 3.8) is 0 Å². The predicted molar refractivity (Wildman–Crippen MR) is 115 cm³/mol. The molecule has 32 heavy (non-hydrogen) atoms. The lowest BCUT2D eigenvalue weighted by Crippen LogP contribution is -2.44. The molecule has 2 N–H and O–H groups in total. The van der Waals surface area contributed by atoms with Crippen molar-refractivity contribution < 1.29 is 32.3 Å². The Morgan fingerprint density at radius 1 is 1.09 bits per heavy atom. The highest BCUT2D eigenvalue weighted by atomic mass is 32.2. The fraction of sp³-hybridized carbons (Fsp3) is 0.227. The third-order valence-electron chi connectivity index (χ3n) is 4.18. The van der Waals surface area contributed by atoms with E-state index in [1.54, 1.807) is 24.3 Å². The van der Waals surface area contributed by atoms with E-state index in [-0.39, 0.29) is 23.4 Å². The highest BCUT2D eigenvalue weighted by molar-refractivity contribution is 7.89. The first-order valence-corrected chi connectivity index (χ1v) is 10.9. The monoisotopic (exact) mass is 458 g/mol. The molecular formula is C22H22N2O7S. The molecule has 1 amide bonds. The standard InChI is InChI=1S/C22H22N2O7S/c1-3-12-23-32(28,29)18-11-7-10-17(14-18)21(26)31-15-20(25)24-19(22(27)30-2)13-16-8-5-4-6-9-16/h1,4-11,14,19,23H,12-13,15H2,2H3,(H,24,25). The van der Waals surface area contributed by atoms with Crippen LogP contribution < -0.4 is 10.0 Å². The van der Waals surface area contributed by atoms with Gasteiger partial charge in [0.1, 0.15) is 6.04 Å². The van der Waals surface area contributed by atoms with Gasteiger partial charge in [-0.2, -0.15) is 4.72 Å². The molecule has 168 valence electrons. The van der Waals surface area contributed by atoms with E-state index < -0.39 is 40.5 Å². The molecule has 0 saturated heterocycles. The summed E-state index contributed by atoms with van der Waals surface area (Å²) in [5.41, 5.74) is 0.729. The van der Waals surface area contributed by atoms with Crippen molar-refractivity contribution in [2.75, 3.05) is 20.3 Å². The normalized spacial score (nSPS) is 11.6. The Hall–Kier alpha value is -3.68. The first-order valence-electron chi connectivity index (χ1n) is 9.38. The Labute approximate surface area is 186 Å². The van der Waals surface area contributed by atoms with Gasteiger partial charge in [-0.05, 0) is 23.8 Å². The highest BCUT2D eigenvalue weighted by Crippen LogP contribution is 2.12. The molecule has 10 heteroatoms. The number of methoxy groups -OCH3 is 1. The Morgan fingerprint density at radius 3 is 2.47 bits per heavy atom. The van der Waals surface area contributed by atoms with E-state index >= 15 is 0 Å². The second-order valence-corrected chi connectivity index (χ2v) is 8.23. The molecule has 0 aliphatic carbocycles. The number of nitrogens with one attached hydrogen (secondary N) is 2. The van der Waals surface area contributed by atoms with E-state index in [0.717, 1.165) is 11.6 Å². The Bertz CT molecular complexity index is 1110. The molecule has 0 bridgehead atoms. The second-order valence-electron chi connectivity index (χ2n) is 6.47. The molecule has 0 spiro atoms. The summed E-state index contributed by atoms with van der Waals surface area (Å²) >= 11 is 0. The first kappa shape index (κ1) is 24.6. The maximum atomic E-state index is 12.3. The van der Waals surface area contributed by atoms with Gasteiger partial charge >= 0.3 is 11.9 Å². The number of hydrogen-bond donors (Lipinski definition) is 2. The quantitative estimate of drug-likeness (QED) is 0.395. The van der Waals surface area contributed by atoms with Crippen LogP contribution in [0.4, 0.5) is 0 Å². The number of esters is 2. The molecule has 0 radical (unpaired) electrons. The van der Waals surface area contributed by atoms with Crippen molar-refractivity contribution in [3.05, 3.63) is 65.7 Å². The van der Waals surface area contributed by atoms with E-state index in [4.69, 9.17) is 15.9 Å².